The number of anilines is 1. The zero-order chi connectivity index (χ0) is 11.7. The second-order valence-electron chi connectivity index (χ2n) is 3.14. The molecule has 84 valence electrons. The third-order valence-electron chi connectivity index (χ3n) is 2.12. The van der Waals surface area contributed by atoms with Gasteiger partial charge in [-0.3, -0.25) is 0 Å². The minimum atomic E-state index is 0.263. The van der Waals surface area contributed by atoms with Crippen molar-refractivity contribution < 1.29 is 4.74 Å². The Balaban J connectivity index is 2.55. The van der Waals surface area contributed by atoms with Crippen LogP contribution in [0.5, 0.6) is 5.88 Å². The molecule has 0 aromatic carbocycles. The highest BCUT2D eigenvalue weighted by molar-refractivity contribution is 6.32. The van der Waals surface area contributed by atoms with E-state index in [9.17, 15) is 0 Å². The van der Waals surface area contributed by atoms with Gasteiger partial charge in [0.15, 0.2) is 11.6 Å². The molecule has 0 bridgehead atoms. The van der Waals surface area contributed by atoms with Crippen LogP contribution in [0.25, 0.3) is 5.82 Å². The summed E-state index contributed by atoms with van der Waals surface area (Å²) in [4.78, 5) is 8.08. The van der Waals surface area contributed by atoms with Gasteiger partial charge in [0.2, 0.25) is 5.88 Å². The van der Waals surface area contributed by atoms with Crippen LogP contribution in [0.3, 0.4) is 0 Å². The third-order valence-corrected chi connectivity index (χ3v) is 2.41. The maximum absolute atomic E-state index is 5.82. The molecule has 6 nitrogen and oxygen atoms in total. The van der Waals surface area contributed by atoms with Gasteiger partial charge in [-0.2, -0.15) is 0 Å². The number of rotatable bonds is 2. The lowest BCUT2D eigenvalue weighted by Gasteiger charge is -2.07. The maximum Gasteiger partial charge on any atom is 0.221 e. The summed E-state index contributed by atoms with van der Waals surface area (Å²) in [7, 11) is 1.55. The number of methoxy groups -OCH3 is 1. The second kappa shape index (κ2) is 3.97. The molecule has 2 heterocycles. The smallest absolute Gasteiger partial charge is 0.221 e. The minimum absolute atomic E-state index is 0.263. The Morgan fingerprint density at radius 2 is 2.19 bits per heavy atom. The van der Waals surface area contributed by atoms with Crippen molar-refractivity contribution in [2.45, 2.75) is 6.92 Å². The van der Waals surface area contributed by atoms with Crippen molar-refractivity contribution in [3.8, 4) is 11.7 Å². The Hall–Kier alpha value is -1.82. The van der Waals surface area contributed by atoms with E-state index >= 15 is 0 Å². The monoisotopic (exact) mass is 239 g/mol. The highest BCUT2D eigenvalue weighted by atomic mass is 35.5. The van der Waals surface area contributed by atoms with E-state index in [2.05, 4.69) is 15.1 Å². The minimum Gasteiger partial charge on any atom is -0.481 e. The van der Waals surface area contributed by atoms with Crippen LogP contribution in [0, 0.1) is 6.92 Å². The van der Waals surface area contributed by atoms with E-state index in [-0.39, 0.29) is 5.82 Å². The summed E-state index contributed by atoms with van der Waals surface area (Å²) in [6.07, 6.45) is 2.98. The van der Waals surface area contributed by atoms with Crippen LogP contribution >= 0.6 is 11.6 Å². The van der Waals surface area contributed by atoms with Gasteiger partial charge in [-0.15, -0.1) is 5.10 Å². The number of hydrogen-bond acceptors (Lipinski definition) is 5. The molecule has 0 aliphatic heterocycles. The molecule has 0 atom stereocenters. The number of hydrogen-bond donors (Lipinski definition) is 1. The van der Waals surface area contributed by atoms with Crippen molar-refractivity contribution in [3.05, 3.63) is 23.1 Å². The number of nitrogen functional groups attached to an aromatic ring is 1. The van der Waals surface area contributed by atoms with Gasteiger partial charge in [-0.1, -0.05) is 11.6 Å². The molecule has 2 aromatic heterocycles. The van der Waals surface area contributed by atoms with Crippen LogP contribution in [-0.2, 0) is 0 Å². The van der Waals surface area contributed by atoms with Crippen molar-refractivity contribution in [2.24, 2.45) is 0 Å². The molecule has 2 N–H and O–H groups in total. The summed E-state index contributed by atoms with van der Waals surface area (Å²) in [5.41, 5.74) is 6.33. The summed E-state index contributed by atoms with van der Waals surface area (Å²) in [6.45, 7) is 1.83. The fourth-order valence-electron chi connectivity index (χ4n) is 1.34. The number of nitrogens with two attached hydrogens (primary N) is 1. The quantitative estimate of drug-likeness (QED) is 0.852. The summed E-state index contributed by atoms with van der Waals surface area (Å²) in [6, 6.07) is 0. The zero-order valence-electron chi connectivity index (χ0n) is 8.81. The topological polar surface area (TPSA) is 78.9 Å². The lowest BCUT2D eigenvalue weighted by atomic mass is 10.3. The molecule has 7 heteroatoms. The normalized spacial score (nSPS) is 10.4. The SMILES string of the molecule is COc1ncnc(-n2cc(Cl)c(N)n2)c1C. The predicted molar refractivity (Wildman–Crippen MR) is 59.9 cm³/mol. The van der Waals surface area contributed by atoms with Gasteiger partial charge in [-0.25, -0.2) is 14.6 Å². The summed E-state index contributed by atoms with van der Waals surface area (Å²) in [5.74, 6) is 1.35. The first-order valence-electron chi connectivity index (χ1n) is 4.50. The lowest BCUT2D eigenvalue weighted by molar-refractivity contribution is 0.392. The van der Waals surface area contributed by atoms with E-state index in [0.717, 1.165) is 5.56 Å². The second-order valence-corrected chi connectivity index (χ2v) is 3.55. The van der Waals surface area contributed by atoms with Gasteiger partial charge in [0, 0.05) is 0 Å². The number of nitrogens with zero attached hydrogens (tertiary/aromatic N) is 4. The number of halogens is 1. The summed E-state index contributed by atoms with van der Waals surface area (Å²) < 4.78 is 6.58. The maximum atomic E-state index is 5.82. The van der Waals surface area contributed by atoms with Crippen LogP contribution < -0.4 is 10.5 Å². The van der Waals surface area contributed by atoms with Crippen LogP contribution in [0.1, 0.15) is 5.56 Å². The Morgan fingerprint density at radius 1 is 1.44 bits per heavy atom. The molecule has 0 saturated carbocycles. The van der Waals surface area contributed by atoms with E-state index in [4.69, 9.17) is 22.1 Å². The molecule has 0 spiro atoms. The van der Waals surface area contributed by atoms with E-state index in [1.54, 1.807) is 13.3 Å². The fraction of sp³-hybridized carbons (Fsp3) is 0.222. The van der Waals surface area contributed by atoms with Crippen molar-refractivity contribution in [1.29, 1.82) is 0 Å². The molecule has 0 aliphatic rings. The molecule has 16 heavy (non-hydrogen) atoms. The van der Waals surface area contributed by atoms with Crippen molar-refractivity contribution in [1.82, 2.24) is 19.7 Å². The first kappa shape index (κ1) is 10.7. The molecule has 0 aliphatic carbocycles. The van der Waals surface area contributed by atoms with Crippen LogP contribution in [-0.4, -0.2) is 26.9 Å². The molecule has 0 unspecified atom stereocenters. The van der Waals surface area contributed by atoms with Gasteiger partial charge >= 0.3 is 0 Å². The molecule has 2 rings (SSSR count). The Bertz CT molecular complexity index is 505. The van der Waals surface area contributed by atoms with E-state index in [1.807, 2.05) is 6.92 Å². The Kier molecular flexibility index (Phi) is 2.66. The number of aromatic nitrogens is 4. The first-order chi connectivity index (χ1) is 7.63. The largest absolute Gasteiger partial charge is 0.481 e. The summed E-state index contributed by atoms with van der Waals surface area (Å²) >= 11 is 5.82. The molecule has 0 radical (unpaired) electrons. The highest BCUT2D eigenvalue weighted by Gasteiger charge is 2.11. The highest BCUT2D eigenvalue weighted by Crippen LogP contribution is 2.22. The summed E-state index contributed by atoms with van der Waals surface area (Å²) in [5, 5.41) is 4.42. The van der Waals surface area contributed by atoms with E-state index in [1.165, 1.54) is 11.0 Å². The molecule has 0 amide bonds. The Morgan fingerprint density at radius 3 is 2.75 bits per heavy atom. The Labute approximate surface area is 97.0 Å². The molecular formula is C9H10ClN5O. The van der Waals surface area contributed by atoms with Crippen molar-refractivity contribution in [3.63, 3.8) is 0 Å². The van der Waals surface area contributed by atoms with Gasteiger partial charge < -0.3 is 10.5 Å². The van der Waals surface area contributed by atoms with Gasteiger partial charge in [0.05, 0.1) is 18.9 Å². The molecule has 0 fully saturated rings. The zero-order valence-corrected chi connectivity index (χ0v) is 9.56. The van der Waals surface area contributed by atoms with Gasteiger partial charge in [0.1, 0.15) is 11.3 Å². The number of ether oxygens (including phenoxy) is 1. The van der Waals surface area contributed by atoms with Gasteiger partial charge in [0.25, 0.3) is 0 Å². The average molecular weight is 240 g/mol. The van der Waals surface area contributed by atoms with Crippen LogP contribution in [0.4, 0.5) is 5.82 Å². The first-order valence-corrected chi connectivity index (χ1v) is 4.88. The van der Waals surface area contributed by atoms with Crippen LogP contribution in [0.15, 0.2) is 12.5 Å². The van der Waals surface area contributed by atoms with Crippen LogP contribution in [0.2, 0.25) is 5.02 Å². The molecule has 2 aromatic rings. The predicted octanol–water partition coefficient (Wildman–Crippen LogP) is 1.21. The molecule has 0 saturated heterocycles. The fourth-order valence-corrected chi connectivity index (χ4v) is 1.47. The lowest BCUT2D eigenvalue weighted by Crippen LogP contribution is -2.04. The standard InChI is InChI=1S/C9H10ClN5O/c1-5-8(12-4-13-9(5)16-2)15-3-6(10)7(11)14-15/h3-4H,1-2H3,(H2,11,14). The van der Waals surface area contributed by atoms with Gasteiger partial charge in [-0.05, 0) is 6.92 Å². The van der Waals surface area contributed by atoms with Crippen molar-refractivity contribution in [2.75, 3.05) is 12.8 Å². The molecular weight excluding hydrogens is 230 g/mol. The van der Waals surface area contributed by atoms with E-state index in [0.29, 0.717) is 16.7 Å². The van der Waals surface area contributed by atoms with E-state index < -0.39 is 0 Å². The van der Waals surface area contributed by atoms with Crippen molar-refractivity contribution >= 4 is 17.4 Å². The third kappa shape index (κ3) is 1.67. The average Bonchev–Trinajstić information content (AvgIpc) is 2.59.